The number of nitrogens with zero attached hydrogens (tertiary/aromatic N) is 4. The molecule has 2 heterocycles. The Bertz CT molecular complexity index is 806. The molecule has 3 rings (SSSR count). The minimum absolute atomic E-state index is 0.0523. The van der Waals surface area contributed by atoms with Crippen LogP contribution in [-0.2, 0) is 16.1 Å². The van der Waals surface area contributed by atoms with E-state index in [1.807, 2.05) is 52.7 Å². The van der Waals surface area contributed by atoms with Gasteiger partial charge in [0.05, 0.1) is 24.6 Å². The molecule has 0 radical (unpaired) electrons. The third-order valence-electron chi connectivity index (χ3n) is 3.66. The largest absolute Gasteiger partial charge is 0.383 e. The molecule has 1 amide bonds. The first-order valence-electron chi connectivity index (χ1n) is 8.15. The van der Waals surface area contributed by atoms with Gasteiger partial charge in [0.1, 0.15) is 6.33 Å². The Morgan fingerprint density at radius 1 is 1.27 bits per heavy atom. The number of carbonyl (C=O) groups is 1. The van der Waals surface area contributed by atoms with Crippen LogP contribution in [0.2, 0.25) is 0 Å². The summed E-state index contributed by atoms with van der Waals surface area (Å²) in [6.07, 6.45) is 1.66. The summed E-state index contributed by atoms with van der Waals surface area (Å²) in [6.45, 7) is 1.69. The van der Waals surface area contributed by atoms with Gasteiger partial charge in [-0.05, 0) is 23.6 Å². The number of hydrogen-bond donors (Lipinski definition) is 0. The van der Waals surface area contributed by atoms with Crippen molar-refractivity contribution < 1.29 is 9.53 Å². The number of benzene rings is 1. The van der Waals surface area contributed by atoms with Gasteiger partial charge in [-0.25, -0.2) is 9.67 Å². The van der Waals surface area contributed by atoms with E-state index in [1.165, 1.54) is 11.8 Å². The molecule has 0 saturated heterocycles. The maximum atomic E-state index is 12.6. The summed E-state index contributed by atoms with van der Waals surface area (Å²) in [6, 6.07) is 13.8. The molecule has 1 aromatic carbocycles. The van der Waals surface area contributed by atoms with E-state index in [4.69, 9.17) is 4.74 Å². The molecule has 0 atom stereocenters. The van der Waals surface area contributed by atoms with E-state index in [2.05, 4.69) is 10.1 Å². The second-order valence-electron chi connectivity index (χ2n) is 5.48. The highest BCUT2D eigenvalue weighted by molar-refractivity contribution is 7.99. The first-order valence-corrected chi connectivity index (χ1v) is 10.0. The zero-order valence-electron chi connectivity index (χ0n) is 14.4. The maximum absolute atomic E-state index is 12.6. The van der Waals surface area contributed by atoms with E-state index in [0.29, 0.717) is 30.6 Å². The van der Waals surface area contributed by atoms with Crippen LogP contribution in [-0.4, -0.2) is 51.6 Å². The Morgan fingerprint density at radius 2 is 2.12 bits per heavy atom. The third-order valence-corrected chi connectivity index (χ3v) is 5.36. The average Bonchev–Trinajstić information content (AvgIpc) is 3.36. The fourth-order valence-corrected chi connectivity index (χ4v) is 3.74. The summed E-state index contributed by atoms with van der Waals surface area (Å²) in [7, 11) is 1.64. The van der Waals surface area contributed by atoms with Gasteiger partial charge in [-0.15, -0.1) is 16.4 Å². The number of aromatic nitrogens is 3. The van der Waals surface area contributed by atoms with Crippen molar-refractivity contribution in [1.82, 2.24) is 19.7 Å². The number of thioether (sulfide) groups is 1. The zero-order chi connectivity index (χ0) is 18.2. The summed E-state index contributed by atoms with van der Waals surface area (Å²) in [5.41, 5.74) is 0.942. The van der Waals surface area contributed by atoms with E-state index in [-0.39, 0.29) is 5.91 Å². The Hall–Kier alpha value is -2.16. The van der Waals surface area contributed by atoms with E-state index in [1.54, 1.807) is 29.5 Å². The van der Waals surface area contributed by atoms with Crippen molar-refractivity contribution >= 4 is 29.0 Å². The molecule has 0 aliphatic heterocycles. The lowest BCUT2D eigenvalue weighted by Crippen LogP contribution is -2.34. The van der Waals surface area contributed by atoms with Gasteiger partial charge in [-0.3, -0.25) is 4.79 Å². The van der Waals surface area contributed by atoms with Crippen LogP contribution in [0.15, 0.2) is 59.3 Å². The van der Waals surface area contributed by atoms with Crippen molar-refractivity contribution in [2.24, 2.45) is 0 Å². The smallest absolute Gasteiger partial charge is 0.233 e. The number of hydrogen-bond acceptors (Lipinski definition) is 6. The van der Waals surface area contributed by atoms with E-state index in [0.717, 1.165) is 10.6 Å². The fraction of sp³-hybridized carbons (Fsp3) is 0.278. The van der Waals surface area contributed by atoms with Gasteiger partial charge in [-0.1, -0.05) is 36.0 Å². The molecule has 8 heteroatoms. The maximum Gasteiger partial charge on any atom is 0.233 e. The van der Waals surface area contributed by atoms with Crippen LogP contribution in [0.3, 0.4) is 0 Å². The van der Waals surface area contributed by atoms with Crippen molar-refractivity contribution in [2.75, 3.05) is 26.0 Å². The first-order chi connectivity index (χ1) is 12.8. The molecule has 26 heavy (non-hydrogen) atoms. The summed E-state index contributed by atoms with van der Waals surface area (Å²) in [4.78, 5) is 19.9. The Kier molecular flexibility index (Phi) is 6.82. The highest BCUT2D eigenvalue weighted by Crippen LogP contribution is 2.17. The highest BCUT2D eigenvalue weighted by Gasteiger charge is 2.16. The molecule has 0 aliphatic rings. The van der Waals surface area contributed by atoms with Gasteiger partial charge in [-0.2, -0.15) is 0 Å². The number of rotatable bonds is 9. The summed E-state index contributed by atoms with van der Waals surface area (Å²) < 4.78 is 6.84. The second-order valence-corrected chi connectivity index (χ2v) is 7.46. The highest BCUT2D eigenvalue weighted by atomic mass is 32.2. The molecule has 2 aromatic heterocycles. The SMILES string of the molecule is COCCN(Cc1cccs1)C(=O)CSc1ncn(-c2ccccc2)n1. The van der Waals surface area contributed by atoms with Crippen LogP contribution >= 0.6 is 23.1 Å². The third kappa shape index (κ3) is 5.17. The van der Waals surface area contributed by atoms with Crippen LogP contribution < -0.4 is 0 Å². The Morgan fingerprint density at radius 3 is 2.85 bits per heavy atom. The molecule has 0 saturated carbocycles. The summed E-state index contributed by atoms with van der Waals surface area (Å²) >= 11 is 2.99. The van der Waals surface area contributed by atoms with Crippen LogP contribution in [0.5, 0.6) is 0 Å². The number of carbonyl (C=O) groups excluding carboxylic acids is 1. The van der Waals surface area contributed by atoms with E-state index in [9.17, 15) is 4.79 Å². The predicted octanol–water partition coefficient (Wildman–Crippen LogP) is 3.10. The molecule has 136 valence electrons. The molecule has 6 nitrogen and oxygen atoms in total. The molecule has 0 spiro atoms. The molecule has 0 N–H and O–H groups in total. The van der Waals surface area contributed by atoms with Crippen LogP contribution in [0.1, 0.15) is 4.88 Å². The topological polar surface area (TPSA) is 60.2 Å². The fourth-order valence-electron chi connectivity index (χ4n) is 2.32. The standard InChI is InChI=1S/C18H20N4O2S2/c1-24-10-9-21(12-16-8-5-11-25-16)17(23)13-26-18-19-14-22(20-18)15-6-3-2-4-7-15/h2-8,11,14H,9-10,12-13H2,1H3. The normalized spacial score (nSPS) is 10.8. The van der Waals surface area contributed by atoms with Crippen molar-refractivity contribution in [3.8, 4) is 5.69 Å². The first kappa shape index (κ1) is 18.6. The molecule has 0 fully saturated rings. The Labute approximate surface area is 160 Å². The average molecular weight is 389 g/mol. The molecule has 3 aromatic rings. The number of amides is 1. The Balaban J connectivity index is 1.58. The van der Waals surface area contributed by atoms with Crippen molar-refractivity contribution in [3.05, 3.63) is 59.0 Å². The van der Waals surface area contributed by atoms with Gasteiger partial charge in [0.25, 0.3) is 0 Å². The van der Waals surface area contributed by atoms with Gasteiger partial charge in [0.2, 0.25) is 11.1 Å². The second kappa shape index (κ2) is 9.51. The summed E-state index contributed by atoms with van der Waals surface area (Å²) in [5, 5.41) is 7.03. The molecular formula is C18H20N4O2S2. The van der Waals surface area contributed by atoms with E-state index < -0.39 is 0 Å². The van der Waals surface area contributed by atoms with Crippen LogP contribution in [0.4, 0.5) is 0 Å². The zero-order valence-corrected chi connectivity index (χ0v) is 16.1. The number of methoxy groups -OCH3 is 1. The lowest BCUT2D eigenvalue weighted by molar-refractivity contribution is -0.129. The number of ether oxygens (including phenoxy) is 1. The van der Waals surface area contributed by atoms with Gasteiger partial charge < -0.3 is 9.64 Å². The van der Waals surface area contributed by atoms with Gasteiger partial charge in [0.15, 0.2) is 0 Å². The molecular weight excluding hydrogens is 368 g/mol. The lowest BCUT2D eigenvalue weighted by atomic mass is 10.3. The molecule has 0 aliphatic carbocycles. The van der Waals surface area contributed by atoms with Gasteiger partial charge in [0, 0.05) is 18.5 Å². The molecule has 0 unspecified atom stereocenters. The van der Waals surface area contributed by atoms with Crippen LogP contribution in [0, 0.1) is 0 Å². The van der Waals surface area contributed by atoms with Crippen molar-refractivity contribution in [2.45, 2.75) is 11.7 Å². The quantitative estimate of drug-likeness (QED) is 0.527. The minimum atomic E-state index is 0.0523. The predicted molar refractivity (Wildman–Crippen MR) is 104 cm³/mol. The van der Waals surface area contributed by atoms with E-state index >= 15 is 0 Å². The number of thiophene rings is 1. The number of para-hydroxylation sites is 1. The minimum Gasteiger partial charge on any atom is -0.383 e. The lowest BCUT2D eigenvalue weighted by Gasteiger charge is -2.21. The van der Waals surface area contributed by atoms with Crippen LogP contribution in [0.25, 0.3) is 5.69 Å². The van der Waals surface area contributed by atoms with Gasteiger partial charge >= 0.3 is 0 Å². The van der Waals surface area contributed by atoms with Crippen molar-refractivity contribution in [1.29, 1.82) is 0 Å². The molecule has 0 bridgehead atoms. The summed E-state index contributed by atoms with van der Waals surface area (Å²) in [5.74, 6) is 0.352. The monoisotopic (exact) mass is 388 g/mol. The van der Waals surface area contributed by atoms with Crippen molar-refractivity contribution in [3.63, 3.8) is 0 Å².